The van der Waals surface area contributed by atoms with Crippen molar-refractivity contribution in [2.75, 3.05) is 26.2 Å². The van der Waals surface area contributed by atoms with Gasteiger partial charge in [-0.2, -0.15) is 0 Å². The molecule has 0 saturated carbocycles. The Hall–Kier alpha value is -3.36. The fraction of sp³-hybridized carbons (Fsp3) is 0.304. The molecule has 8 nitrogen and oxygen atoms in total. The van der Waals surface area contributed by atoms with Crippen LogP contribution in [0.1, 0.15) is 36.5 Å². The van der Waals surface area contributed by atoms with Gasteiger partial charge < -0.3 is 31.6 Å². The van der Waals surface area contributed by atoms with Crippen LogP contribution in [-0.2, 0) is 0 Å². The second kappa shape index (κ2) is 12.4. The van der Waals surface area contributed by atoms with Crippen molar-refractivity contribution in [2.24, 2.45) is 11.5 Å². The molecular formula is C23H30N4O4. The second-order valence-corrected chi connectivity index (χ2v) is 7.04. The predicted octanol–water partition coefficient (Wildman–Crippen LogP) is 3.07. The maximum Gasteiger partial charge on any atom is 0.412 e. The average molecular weight is 427 g/mol. The van der Waals surface area contributed by atoms with Crippen molar-refractivity contribution in [1.29, 1.82) is 0 Å². The quantitative estimate of drug-likeness (QED) is 0.456. The van der Waals surface area contributed by atoms with Crippen LogP contribution in [-0.4, -0.2) is 38.4 Å². The van der Waals surface area contributed by atoms with Gasteiger partial charge in [0.1, 0.15) is 11.5 Å². The Balaban J connectivity index is 2.43. The van der Waals surface area contributed by atoms with E-state index >= 15 is 0 Å². The number of carbonyl (C=O) groups is 2. The summed E-state index contributed by atoms with van der Waals surface area (Å²) in [5.74, 6) is 0.532. The van der Waals surface area contributed by atoms with Gasteiger partial charge in [-0.3, -0.25) is 0 Å². The first-order valence-electron chi connectivity index (χ1n) is 10.2. The summed E-state index contributed by atoms with van der Waals surface area (Å²) in [5, 5.41) is 5.15. The number of rotatable bonds is 9. The number of carbonyl (C=O) groups excluding carboxylic acids is 2. The molecule has 0 unspecified atom stereocenters. The Morgan fingerprint density at radius 1 is 0.871 bits per heavy atom. The Morgan fingerprint density at radius 3 is 1.81 bits per heavy atom. The minimum atomic E-state index is -0.630. The van der Waals surface area contributed by atoms with E-state index in [9.17, 15) is 9.59 Å². The van der Waals surface area contributed by atoms with Crippen molar-refractivity contribution in [3.63, 3.8) is 0 Å². The van der Waals surface area contributed by atoms with Crippen LogP contribution in [0.4, 0.5) is 9.59 Å². The Morgan fingerprint density at radius 2 is 1.35 bits per heavy atom. The van der Waals surface area contributed by atoms with Crippen LogP contribution in [0.25, 0.3) is 12.2 Å². The van der Waals surface area contributed by atoms with Crippen molar-refractivity contribution in [3.05, 3.63) is 59.2 Å². The summed E-state index contributed by atoms with van der Waals surface area (Å²) in [4.78, 5) is 24.3. The molecule has 0 bridgehead atoms. The zero-order chi connectivity index (χ0) is 22.6. The molecule has 2 aromatic carbocycles. The lowest BCUT2D eigenvalue weighted by Gasteiger charge is -2.18. The minimum Gasteiger partial charge on any atom is -0.410 e. The van der Waals surface area contributed by atoms with Crippen LogP contribution in [0, 0.1) is 0 Å². The largest absolute Gasteiger partial charge is 0.412 e. The highest BCUT2D eigenvalue weighted by Crippen LogP contribution is 2.37. The van der Waals surface area contributed by atoms with E-state index in [0.717, 1.165) is 5.56 Å². The van der Waals surface area contributed by atoms with E-state index in [2.05, 4.69) is 10.6 Å². The van der Waals surface area contributed by atoms with Crippen LogP contribution >= 0.6 is 0 Å². The first-order chi connectivity index (χ1) is 14.9. The SMILES string of the molecule is CC(C)c1c(OC(=O)NCCN)cc(/C=C/c2ccccc2)cc1OC(=O)NCCN. The molecule has 0 aliphatic rings. The van der Waals surface area contributed by atoms with E-state index in [1.54, 1.807) is 12.1 Å². The van der Waals surface area contributed by atoms with Crippen LogP contribution in [0.3, 0.4) is 0 Å². The van der Waals surface area contributed by atoms with E-state index in [1.807, 2.05) is 56.3 Å². The van der Waals surface area contributed by atoms with Crippen LogP contribution < -0.4 is 31.6 Å². The third-order valence-corrected chi connectivity index (χ3v) is 4.20. The number of ether oxygens (including phenoxy) is 2. The van der Waals surface area contributed by atoms with Crippen molar-refractivity contribution in [1.82, 2.24) is 10.6 Å². The van der Waals surface area contributed by atoms with Gasteiger partial charge >= 0.3 is 12.2 Å². The number of nitrogens with two attached hydrogens (primary N) is 2. The summed E-state index contributed by atoms with van der Waals surface area (Å²) in [6, 6.07) is 13.2. The Labute approximate surface area is 182 Å². The lowest BCUT2D eigenvalue weighted by Crippen LogP contribution is -2.32. The lowest BCUT2D eigenvalue weighted by molar-refractivity contribution is 0.198. The van der Waals surface area contributed by atoms with Crippen molar-refractivity contribution >= 4 is 24.3 Å². The minimum absolute atomic E-state index is 0.0817. The highest BCUT2D eigenvalue weighted by molar-refractivity contribution is 5.77. The Bertz CT molecular complexity index is 855. The smallest absolute Gasteiger partial charge is 0.410 e. The summed E-state index contributed by atoms with van der Waals surface area (Å²) < 4.78 is 11.1. The molecule has 166 valence electrons. The van der Waals surface area contributed by atoms with Gasteiger partial charge in [0.25, 0.3) is 0 Å². The molecule has 0 fully saturated rings. The standard InChI is InChI=1S/C23H30N4O4/c1-16(2)21-19(30-22(28)26-12-10-24)14-18(9-8-17-6-4-3-5-7-17)15-20(21)31-23(29)27-13-11-25/h3-9,14-16H,10-13,24-25H2,1-2H3,(H,26,28)(H,27,29)/b9-8+. The third kappa shape index (κ3) is 7.76. The monoisotopic (exact) mass is 426 g/mol. The van der Waals surface area contributed by atoms with E-state index < -0.39 is 12.2 Å². The highest BCUT2D eigenvalue weighted by atomic mass is 16.6. The van der Waals surface area contributed by atoms with Crippen LogP contribution in [0.2, 0.25) is 0 Å². The summed E-state index contributed by atoms with van der Waals surface area (Å²) in [5.41, 5.74) is 13.2. The van der Waals surface area contributed by atoms with E-state index in [1.165, 1.54) is 0 Å². The van der Waals surface area contributed by atoms with Crippen molar-refractivity contribution in [3.8, 4) is 11.5 Å². The maximum atomic E-state index is 12.2. The summed E-state index contributed by atoms with van der Waals surface area (Å²) >= 11 is 0. The molecule has 0 aliphatic heterocycles. The second-order valence-electron chi connectivity index (χ2n) is 7.04. The van der Waals surface area contributed by atoms with E-state index in [0.29, 0.717) is 35.7 Å². The third-order valence-electron chi connectivity index (χ3n) is 4.20. The molecule has 2 rings (SSSR count). The molecule has 0 aliphatic carbocycles. The number of amides is 2. The van der Waals surface area contributed by atoms with Gasteiger partial charge in [-0.15, -0.1) is 0 Å². The fourth-order valence-electron chi connectivity index (χ4n) is 2.83. The normalized spacial score (nSPS) is 10.9. The molecule has 0 radical (unpaired) electrons. The van der Waals surface area contributed by atoms with Crippen LogP contribution in [0.15, 0.2) is 42.5 Å². The van der Waals surface area contributed by atoms with Crippen molar-refractivity contribution in [2.45, 2.75) is 19.8 Å². The van der Waals surface area contributed by atoms with Gasteiger partial charge in [-0.05, 0) is 29.2 Å². The first kappa shape index (κ1) is 23.9. The van der Waals surface area contributed by atoms with Crippen molar-refractivity contribution < 1.29 is 19.1 Å². The fourth-order valence-corrected chi connectivity index (χ4v) is 2.83. The Kier molecular flexibility index (Phi) is 9.54. The molecular weight excluding hydrogens is 396 g/mol. The molecule has 0 saturated heterocycles. The lowest BCUT2D eigenvalue weighted by atomic mass is 9.98. The van der Waals surface area contributed by atoms with Gasteiger partial charge in [0.05, 0.1) is 0 Å². The van der Waals surface area contributed by atoms with Gasteiger partial charge in [-0.1, -0.05) is 56.3 Å². The van der Waals surface area contributed by atoms with E-state index in [4.69, 9.17) is 20.9 Å². The molecule has 8 heteroatoms. The van der Waals surface area contributed by atoms with Gasteiger partial charge in [-0.25, -0.2) is 9.59 Å². The summed E-state index contributed by atoms with van der Waals surface area (Å²) in [6.45, 7) is 5.00. The maximum absolute atomic E-state index is 12.2. The van der Waals surface area contributed by atoms with Gasteiger partial charge in [0.2, 0.25) is 0 Å². The molecule has 0 heterocycles. The number of hydrogen-bond acceptors (Lipinski definition) is 6. The molecule has 6 N–H and O–H groups in total. The number of nitrogens with one attached hydrogen (secondary N) is 2. The molecule has 2 amide bonds. The molecule has 0 aromatic heterocycles. The number of benzene rings is 2. The first-order valence-corrected chi connectivity index (χ1v) is 10.2. The number of hydrogen-bond donors (Lipinski definition) is 4. The zero-order valence-electron chi connectivity index (χ0n) is 17.9. The van der Waals surface area contributed by atoms with Crippen LogP contribution in [0.5, 0.6) is 11.5 Å². The molecule has 2 aromatic rings. The van der Waals surface area contributed by atoms with Gasteiger partial charge in [0, 0.05) is 31.7 Å². The molecule has 31 heavy (non-hydrogen) atoms. The average Bonchev–Trinajstić information content (AvgIpc) is 2.75. The molecule has 0 spiro atoms. The van der Waals surface area contributed by atoms with Gasteiger partial charge in [0.15, 0.2) is 0 Å². The predicted molar refractivity (Wildman–Crippen MR) is 122 cm³/mol. The zero-order valence-corrected chi connectivity index (χ0v) is 17.9. The summed E-state index contributed by atoms with van der Waals surface area (Å²) in [7, 11) is 0. The summed E-state index contributed by atoms with van der Waals surface area (Å²) in [6.07, 6.45) is 2.51. The topological polar surface area (TPSA) is 129 Å². The van der Waals surface area contributed by atoms with E-state index in [-0.39, 0.29) is 19.0 Å². The molecule has 0 atom stereocenters. The highest BCUT2D eigenvalue weighted by Gasteiger charge is 2.20.